The van der Waals surface area contributed by atoms with Crippen LogP contribution in [0.2, 0.25) is 0 Å². The average molecular weight is 308 g/mol. The van der Waals surface area contributed by atoms with E-state index in [1.54, 1.807) is 0 Å². The van der Waals surface area contributed by atoms with Crippen LogP contribution in [0.25, 0.3) is 5.95 Å². The second-order valence-electron chi connectivity index (χ2n) is 2.00. The summed E-state index contributed by atoms with van der Waals surface area (Å²) in [5.74, 6) is -0.0765. The predicted molar refractivity (Wildman–Crippen MR) is 54.6 cm³/mol. The van der Waals surface area contributed by atoms with Crippen molar-refractivity contribution in [2.45, 2.75) is 0 Å². The van der Waals surface area contributed by atoms with E-state index in [2.05, 4.69) is 46.9 Å². The molecule has 4 nitrogen and oxygen atoms in total. The molecule has 0 unspecified atom stereocenters. The number of rotatable bonds is 1. The Morgan fingerprint density at radius 3 is 2.54 bits per heavy atom. The van der Waals surface area contributed by atoms with Crippen molar-refractivity contribution in [3.63, 3.8) is 0 Å². The van der Waals surface area contributed by atoms with Crippen molar-refractivity contribution in [3.8, 4) is 5.95 Å². The molecule has 0 aromatic carbocycles. The Morgan fingerprint density at radius 2 is 2.00 bits per heavy atom. The van der Waals surface area contributed by atoms with Crippen molar-refractivity contribution in [2.75, 3.05) is 0 Å². The van der Waals surface area contributed by atoms with Crippen molar-refractivity contribution in [1.29, 1.82) is 0 Å². The Balaban J connectivity index is 2.65. The lowest BCUT2D eigenvalue weighted by molar-refractivity contribution is 0.799. The standard InChI is InChI=1S/C7H4Br2N4/c8-5-3-10-7(11-4-5)13-2-1-6(9)12-13/h1-4H/i1D,2D,3D,4D. The van der Waals surface area contributed by atoms with Gasteiger partial charge in [-0.2, -0.15) is 5.10 Å². The van der Waals surface area contributed by atoms with Crippen molar-refractivity contribution < 1.29 is 5.48 Å². The first kappa shape index (κ1) is 5.21. The average Bonchev–Trinajstić information content (AvgIpc) is 2.53. The van der Waals surface area contributed by atoms with Crippen LogP contribution in [-0.4, -0.2) is 19.7 Å². The first-order chi connectivity index (χ1) is 7.91. The highest BCUT2D eigenvalue weighted by Gasteiger charge is 2.00. The molecule has 13 heavy (non-hydrogen) atoms. The Labute approximate surface area is 96.9 Å². The number of nitrogens with zero attached hydrogens (tertiary/aromatic N) is 4. The molecule has 66 valence electrons. The highest BCUT2D eigenvalue weighted by Crippen LogP contribution is 2.09. The van der Waals surface area contributed by atoms with Gasteiger partial charge < -0.3 is 0 Å². The van der Waals surface area contributed by atoms with E-state index >= 15 is 0 Å². The summed E-state index contributed by atoms with van der Waals surface area (Å²) in [4.78, 5) is 7.57. The summed E-state index contributed by atoms with van der Waals surface area (Å²) in [7, 11) is 0. The Morgan fingerprint density at radius 1 is 1.31 bits per heavy atom. The molecule has 0 fully saturated rings. The summed E-state index contributed by atoms with van der Waals surface area (Å²) in [6.07, 6.45) is -0.548. The Hall–Kier alpha value is -0.750. The molecule has 0 radical (unpaired) electrons. The lowest BCUT2D eigenvalue weighted by Gasteiger charge is -1.97. The van der Waals surface area contributed by atoms with E-state index in [1.807, 2.05) is 0 Å². The summed E-state index contributed by atoms with van der Waals surface area (Å²) in [6.45, 7) is 0. The maximum absolute atomic E-state index is 7.62. The quantitative estimate of drug-likeness (QED) is 0.811. The Kier molecular flexibility index (Phi) is 1.42. The molecule has 2 heterocycles. The van der Waals surface area contributed by atoms with Crippen LogP contribution in [-0.2, 0) is 0 Å². The van der Waals surface area contributed by atoms with Crippen LogP contribution in [0.5, 0.6) is 0 Å². The lowest BCUT2D eigenvalue weighted by Crippen LogP contribution is -2.00. The van der Waals surface area contributed by atoms with Gasteiger partial charge in [-0.15, -0.1) is 0 Å². The fourth-order valence-electron chi connectivity index (χ4n) is 0.674. The molecule has 0 atom stereocenters. The van der Waals surface area contributed by atoms with Gasteiger partial charge in [0.15, 0.2) is 0 Å². The predicted octanol–water partition coefficient (Wildman–Crippen LogP) is 2.19. The molecule has 0 spiro atoms. The van der Waals surface area contributed by atoms with Gasteiger partial charge in [0.2, 0.25) is 0 Å². The minimum Gasteiger partial charge on any atom is -0.218 e. The van der Waals surface area contributed by atoms with Crippen molar-refractivity contribution in [3.05, 3.63) is 33.6 Å². The van der Waals surface area contributed by atoms with Gasteiger partial charge in [-0.3, -0.25) is 0 Å². The van der Waals surface area contributed by atoms with Crippen LogP contribution in [0, 0.1) is 0 Å². The Bertz CT molecular complexity index is 577. The third kappa shape index (κ3) is 1.94. The topological polar surface area (TPSA) is 43.6 Å². The van der Waals surface area contributed by atoms with Crippen LogP contribution in [0.4, 0.5) is 0 Å². The molecular weight excluding hydrogens is 300 g/mol. The fourth-order valence-corrected chi connectivity index (χ4v) is 1.10. The normalized spacial score (nSPS) is 14.6. The maximum atomic E-state index is 7.62. The van der Waals surface area contributed by atoms with Crippen molar-refractivity contribution >= 4 is 31.9 Å². The summed E-state index contributed by atoms with van der Waals surface area (Å²) in [5, 5.41) is 3.84. The fraction of sp³-hybridized carbons (Fsp3) is 0. The van der Waals surface area contributed by atoms with Gasteiger partial charge in [0.1, 0.15) is 4.60 Å². The molecule has 0 N–H and O–H groups in total. The summed E-state index contributed by atoms with van der Waals surface area (Å²) in [6, 6.07) is -0.102. The van der Waals surface area contributed by atoms with Crippen LogP contribution in [0.15, 0.2) is 33.6 Å². The minimum absolute atomic E-state index is 0.0765. The first-order valence-corrected chi connectivity index (χ1v) is 4.73. The monoisotopic (exact) mass is 306 g/mol. The second kappa shape index (κ2) is 3.55. The van der Waals surface area contributed by atoms with Crippen LogP contribution >= 0.6 is 31.9 Å². The molecule has 2 aromatic rings. The van der Waals surface area contributed by atoms with Crippen LogP contribution in [0.1, 0.15) is 5.48 Å². The number of hydrogen-bond acceptors (Lipinski definition) is 3. The highest BCUT2D eigenvalue weighted by molar-refractivity contribution is 9.10. The largest absolute Gasteiger partial charge is 0.250 e. The van der Waals surface area contributed by atoms with E-state index in [0.29, 0.717) is 0 Å². The van der Waals surface area contributed by atoms with Gasteiger partial charge >= 0.3 is 0 Å². The zero-order chi connectivity index (χ0) is 12.7. The molecule has 0 aliphatic carbocycles. The first-order valence-electron chi connectivity index (χ1n) is 5.14. The molecule has 0 saturated heterocycles. The third-order valence-electron chi connectivity index (χ3n) is 1.15. The van der Waals surface area contributed by atoms with E-state index in [4.69, 9.17) is 5.48 Å². The molecular formula is C7H4Br2N4. The van der Waals surface area contributed by atoms with Crippen LogP contribution < -0.4 is 0 Å². The van der Waals surface area contributed by atoms with E-state index in [0.717, 1.165) is 4.68 Å². The SMILES string of the molecule is [2H]c1nc(-n2nc(Br)c([2H])c2[2H])nc([2H])c1Br. The molecule has 2 aromatic heterocycles. The molecule has 0 aliphatic heterocycles. The van der Waals surface area contributed by atoms with Gasteiger partial charge in [-0.05, 0) is 37.9 Å². The number of aromatic nitrogens is 4. The molecule has 0 amide bonds. The molecule has 0 saturated carbocycles. The smallest absolute Gasteiger partial charge is 0.218 e. The van der Waals surface area contributed by atoms with Gasteiger partial charge in [-0.1, -0.05) is 0 Å². The van der Waals surface area contributed by atoms with E-state index in [9.17, 15) is 0 Å². The zero-order valence-electron chi connectivity index (χ0n) is 10.0. The van der Waals surface area contributed by atoms with E-state index < -0.39 is 0 Å². The zero-order valence-corrected chi connectivity index (χ0v) is 9.22. The van der Waals surface area contributed by atoms with Gasteiger partial charge in [-0.25, -0.2) is 14.6 Å². The second-order valence-corrected chi connectivity index (χ2v) is 3.54. The minimum atomic E-state index is -0.210. The van der Waals surface area contributed by atoms with E-state index in [-0.39, 0.29) is 39.6 Å². The van der Waals surface area contributed by atoms with Crippen molar-refractivity contribution in [1.82, 2.24) is 19.7 Å². The van der Waals surface area contributed by atoms with Crippen molar-refractivity contribution in [2.24, 2.45) is 0 Å². The molecule has 0 aliphatic rings. The highest BCUT2D eigenvalue weighted by atomic mass is 79.9. The number of hydrogen-bond donors (Lipinski definition) is 0. The molecule has 0 bridgehead atoms. The molecule has 2 rings (SSSR count). The molecule has 6 heteroatoms. The summed E-state index contributed by atoms with van der Waals surface area (Å²) in [5.41, 5.74) is 0. The maximum Gasteiger partial charge on any atom is 0.250 e. The van der Waals surface area contributed by atoms with Crippen LogP contribution in [0.3, 0.4) is 0 Å². The van der Waals surface area contributed by atoms with Gasteiger partial charge in [0, 0.05) is 18.5 Å². The summed E-state index contributed by atoms with van der Waals surface area (Å²) < 4.78 is 31.5. The van der Waals surface area contributed by atoms with Gasteiger partial charge in [0.05, 0.1) is 9.96 Å². The summed E-state index contributed by atoms with van der Waals surface area (Å²) >= 11 is 6.02. The third-order valence-corrected chi connectivity index (χ3v) is 1.86. The lowest BCUT2D eigenvalue weighted by atomic mass is 10.7. The van der Waals surface area contributed by atoms with Gasteiger partial charge in [0.25, 0.3) is 5.95 Å². The van der Waals surface area contributed by atoms with E-state index in [1.165, 1.54) is 0 Å². The number of halogens is 2.